The summed E-state index contributed by atoms with van der Waals surface area (Å²) in [7, 11) is 0. The number of halogens is 6. The fourth-order valence-corrected chi connectivity index (χ4v) is 4.52. The maximum absolute atomic E-state index is 12.9. The predicted molar refractivity (Wildman–Crippen MR) is 170 cm³/mol. The molecule has 2 amide bonds. The van der Waals surface area contributed by atoms with Crippen LogP contribution in [0, 0.1) is 5.41 Å². The van der Waals surface area contributed by atoms with Crippen LogP contribution in [0.2, 0.25) is 0 Å². The van der Waals surface area contributed by atoms with Gasteiger partial charge in [0.1, 0.15) is 11.9 Å². The molecule has 50 heavy (non-hydrogen) atoms. The Labute approximate surface area is 282 Å². The first kappa shape index (κ1) is 40.7. The number of rotatable bonds is 8. The molecule has 0 saturated carbocycles. The van der Waals surface area contributed by atoms with E-state index in [0.29, 0.717) is 18.5 Å². The fraction of sp³-hybridized carbons (Fsp3) is 0.303. The van der Waals surface area contributed by atoms with Crippen LogP contribution in [0.3, 0.4) is 0 Å². The largest absolute Gasteiger partial charge is 0.490 e. The molecular weight excluding hydrogens is 676 g/mol. The summed E-state index contributed by atoms with van der Waals surface area (Å²) in [6.45, 7) is 2.77. The SMILES string of the molecule is C[C@H](NC(=O)[C@H]1C[C@@H](c2ccc(-c3ccccc3)cc2)CCN1)C(=O)NCc1ccc(C(=N)N)cc1.O=C(O)C(F)(F)F.O=C(O)C(F)(F)F. The number of carbonyl (C=O) groups is 4. The third kappa shape index (κ3) is 13.6. The molecule has 1 heterocycles. The highest BCUT2D eigenvalue weighted by Crippen LogP contribution is 2.30. The van der Waals surface area contributed by atoms with Gasteiger partial charge in [-0.3, -0.25) is 15.0 Å². The molecule has 0 aliphatic carbocycles. The molecule has 8 N–H and O–H groups in total. The predicted octanol–water partition coefficient (Wildman–Crippen LogP) is 4.56. The summed E-state index contributed by atoms with van der Waals surface area (Å²) in [5.74, 6) is -5.63. The molecule has 3 aromatic carbocycles. The van der Waals surface area contributed by atoms with E-state index in [4.69, 9.17) is 30.9 Å². The van der Waals surface area contributed by atoms with Crippen LogP contribution in [-0.2, 0) is 25.7 Å². The lowest BCUT2D eigenvalue weighted by Crippen LogP contribution is -2.53. The molecule has 0 spiro atoms. The first-order valence-corrected chi connectivity index (χ1v) is 14.8. The molecule has 1 fully saturated rings. The minimum absolute atomic E-state index is 0.00433. The van der Waals surface area contributed by atoms with Gasteiger partial charge in [-0.1, -0.05) is 78.9 Å². The van der Waals surface area contributed by atoms with Gasteiger partial charge in [0, 0.05) is 12.1 Å². The van der Waals surface area contributed by atoms with Crippen LogP contribution in [0.5, 0.6) is 0 Å². The molecule has 1 saturated heterocycles. The number of aliphatic carboxylic acids is 2. The van der Waals surface area contributed by atoms with Crippen LogP contribution in [0.25, 0.3) is 11.1 Å². The Morgan fingerprint density at radius 3 is 1.84 bits per heavy atom. The maximum atomic E-state index is 12.9. The second-order valence-electron chi connectivity index (χ2n) is 10.9. The lowest BCUT2D eigenvalue weighted by Gasteiger charge is -2.30. The molecule has 1 aliphatic rings. The highest BCUT2D eigenvalue weighted by atomic mass is 19.4. The third-order valence-corrected chi connectivity index (χ3v) is 7.18. The maximum Gasteiger partial charge on any atom is 0.490 e. The Kier molecular flexibility index (Phi) is 14.9. The van der Waals surface area contributed by atoms with Crippen molar-refractivity contribution < 1.29 is 55.7 Å². The van der Waals surface area contributed by atoms with E-state index in [1.165, 1.54) is 16.7 Å². The van der Waals surface area contributed by atoms with Crippen LogP contribution in [0.4, 0.5) is 26.3 Å². The number of alkyl halides is 6. The lowest BCUT2D eigenvalue weighted by atomic mass is 9.85. The molecule has 0 aromatic heterocycles. The van der Waals surface area contributed by atoms with Crippen LogP contribution in [0.15, 0.2) is 78.9 Å². The van der Waals surface area contributed by atoms with Crippen molar-refractivity contribution in [3.8, 4) is 11.1 Å². The zero-order valence-electron chi connectivity index (χ0n) is 26.4. The summed E-state index contributed by atoms with van der Waals surface area (Å²) in [4.78, 5) is 43.3. The summed E-state index contributed by atoms with van der Waals surface area (Å²) in [6.07, 6.45) is -8.51. The molecule has 3 aromatic rings. The molecule has 11 nitrogen and oxygen atoms in total. The number of nitrogens with two attached hydrogens (primary N) is 1. The number of benzene rings is 3. The van der Waals surface area contributed by atoms with E-state index in [0.717, 1.165) is 18.5 Å². The Bertz CT molecular complexity index is 1580. The zero-order valence-corrected chi connectivity index (χ0v) is 26.4. The molecule has 1 aliphatic heterocycles. The number of nitrogens with one attached hydrogen (secondary N) is 4. The molecule has 17 heteroatoms. The Morgan fingerprint density at radius 1 is 0.860 bits per heavy atom. The number of piperidine rings is 1. The molecule has 3 atom stereocenters. The van der Waals surface area contributed by atoms with E-state index in [2.05, 4.69) is 52.3 Å². The minimum atomic E-state index is -5.08. The van der Waals surface area contributed by atoms with Gasteiger partial charge < -0.3 is 31.9 Å². The number of amides is 2. The summed E-state index contributed by atoms with van der Waals surface area (Å²) in [5, 5.41) is 30.7. The molecule has 0 unspecified atom stereocenters. The highest BCUT2D eigenvalue weighted by Gasteiger charge is 2.39. The number of nitrogen functional groups attached to an aromatic ring is 1. The number of hydrogen-bond donors (Lipinski definition) is 7. The van der Waals surface area contributed by atoms with Crippen LogP contribution in [0.1, 0.15) is 42.4 Å². The van der Waals surface area contributed by atoms with Crippen molar-refractivity contribution in [3.63, 3.8) is 0 Å². The molecule has 0 radical (unpaired) electrons. The van der Waals surface area contributed by atoms with Gasteiger partial charge >= 0.3 is 24.3 Å². The molecule has 4 rings (SSSR count). The van der Waals surface area contributed by atoms with E-state index in [9.17, 15) is 35.9 Å². The van der Waals surface area contributed by atoms with Gasteiger partial charge in [-0.2, -0.15) is 26.3 Å². The summed E-state index contributed by atoms with van der Waals surface area (Å²) >= 11 is 0. The first-order chi connectivity index (χ1) is 23.3. The standard InChI is InChI=1S/C29H33N5O2.2C2HF3O2/c1-19(28(35)33-18-20-7-9-24(10-8-20)27(30)31)34-29(36)26-17-25(15-16-32-26)23-13-11-22(12-14-23)21-5-3-2-4-6-21;2*3-2(4,5)1(6)7/h2-14,19,25-26,32H,15-18H2,1H3,(H3,30,31)(H,33,35)(H,34,36);2*(H,6,7)/t19-,25-,26+;;/m0../s1. The second-order valence-corrected chi connectivity index (χ2v) is 10.9. The number of carboxylic acid groups (broad SMARTS) is 2. The van der Waals surface area contributed by atoms with Gasteiger partial charge in [0.15, 0.2) is 0 Å². The third-order valence-electron chi connectivity index (χ3n) is 7.18. The van der Waals surface area contributed by atoms with Gasteiger partial charge in [0.25, 0.3) is 0 Å². The van der Waals surface area contributed by atoms with Gasteiger partial charge in [-0.15, -0.1) is 0 Å². The second kappa shape index (κ2) is 18.4. The van der Waals surface area contributed by atoms with Crippen LogP contribution in [-0.4, -0.2) is 70.8 Å². The quantitative estimate of drug-likeness (QED) is 0.100. The molecular formula is C33H35F6N5O6. The monoisotopic (exact) mass is 711 g/mol. The number of hydrogen-bond acceptors (Lipinski definition) is 6. The van der Waals surface area contributed by atoms with E-state index < -0.39 is 30.3 Å². The average molecular weight is 712 g/mol. The van der Waals surface area contributed by atoms with Gasteiger partial charge in [-0.05, 0) is 54.5 Å². The highest BCUT2D eigenvalue weighted by molar-refractivity contribution is 5.95. The topological polar surface area (TPSA) is 195 Å². The van der Waals surface area contributed by atoms with Crippen molar-refractivity contribution in [2.24, 2.45) is 5.73 Å². The van der Waals surface area contributed by atoms with E-state index in [1.54, 1.807) is 19.1 Å². The van der Waals surface area contributed by atoms with Gasteiger partial charge in [0.05, 0.1) is 6.04 Å². The van der Waals surface area contributed by atoms with E-state index in [-0.39, 0.29) is 29.6 Å². The van der Waals surface area contributed by atoms with Gasteiger partial charge in [0.2, 0.25) is 11.8 Å². The summed E-state index contributed by atoms with van der Waals surface area (Å²) < 4.78 is 63.5. The first-order valence-electron chi connectivity index (χ1n) is 14.8. The Balaban J connectivity index is 0.000000521. The van der Waals surface area contributed by atoms with Crippen LogP contribution >= 0.6 is 0 Å². The minimum Gasteiger partial charge on any atom is -0.475 e. The van der Waals surface area contributed by atoms with Crippen molar-refractivity contribution in [2.45, 2.75) is 56.7 Å². The molecule has 270 valence electrons. The normalized spacial score (nSPS) is 16.2. The summed E-state index contributed by atoms with van der Waals surface area (Å²) in [5.41, 5.74) is 10.6. The number of amidine groups is 1. The Hall–Kier alpha value is -5.45. The van der Waals surface area contributed by atoms with Crippen molar-refractivity contribution >= 4 is 29.6 Å². The van der Waals surface area contributed by atoms with Crippen molar-refractivity contribution in [2.75, 3.05) is 6.54 Å². The lowest BCUT2D eigenvalue weighted by molar-refractivity contribution is -0.193. The number of carboxylic acids is 2. The zero-order chi connectivity index (χ0) is 37.6. The number of carbonyl (C=O) groups excluding carboxylic acids is 2. The average Bonchev–Trinajstić information content (AvgIpc) is 3.07. The van der Waals surface area contributed by atoms with E-state index in [1.807, 2.05) is 30.3 Å². The van der Waals surface area contributed by atoms with Gasteiger partial charge in [-0.25, -0.2) is 9.59 Å². The van der Waals surface area contributed by atoms with Crippen molar-refractivity contribution in [1.82, 2.24) is 16.0 Å². The Morgan fingerprint density at radius 2 is 1.36 bits per heavy atom. The van der Waals surface area contributed by atoms with Crippen molar-refractivity contribution in [3.05, 3.63) is 95.6 Å². The summed E-state index contributed by atoms with van der Waals surface area (Å²) in [6, 6.07) is 25.0. The molecule has 0 bridgehead atoms. The smallest absolute Gasteiger partial charge is 0.475 e. The van der Waals surface area contributed by atoms with E-state index >= 15 is 0 Å². The fourth-order valence-electron chi connectivity index (χ4n) is 4.52. The van der Waals surface area contributed by atoms with Crippen molar-refractivity contribution in [1.29, 1.82) is 5.41 Å². The van der Waals surface area contributed by atoms with Crippen LogP contribution < -0.4 is 21.7 Å².